The van der Waals surface area contributed by atoms with Gasteiger partial charge in [-0.05, 0) is 38.3 Å². The maximum atomic E-state index is 12.9. The molecule has 1 fully saturated rings. The zero-order valence-corrected chi connectivity index (χ0v) is 16.8. The number of amides is 2. The molecule has 1 saturated heterocycles. The standard InChI is InChI=1S/C20H30N2O5/c1-6-13(2)21-19(23)14-7-9-22(10-8-14)20(24)15-11-16(25-3)18(27-5)17(12-15)26-4/h11-14H,6-10H2,1-5H3,(H,21,23). The topological polar surface area (TPSA) is 77.1 Å². The van der Waals surface area contributed by atoms with Crippen LogP contribution in [0, 0.1) is 5.92 Å². The molecule has 7 nitrogen and oxygen atoms in total. The minimum Gasteiger partial charge on any atom is -0.493 e. The Morgan fingerprint density at radius 1 is 1.11 bits per heavy atom. The van der Waals surface area contributed by atoms with Gasteiger partial charge >= 0.3 is 0 Å². The molecule has 0 aliphatic carbocycles. The van der Waals surface area contributed by atoms with Crippen molar-refractivity contribution in [1.82, 2.24) is 10.2 Å². The maximum Gasteiger partial charge on any atom is 0.254 e. The molecule has 0 bridgehead atoms. The van der Waals surface area contributed by atoms with E-state index in [1.807, 2.05) is 13.8 Å². The van der Waals surface area contributed by atoms with Crippen molar-refractivity contribution in [2.75, 3.05) is 34.4 Å². The lowest BCUT2D eigenvalue weighted by atomic mass is 9.95. The summed E-state index contributed by atoms with van der Waals surface area (Å²) < 4.78 is 15.9. The minimum absolute atomic E-state index is 0.0389. The Hall–Kier alpha value is -2.44. The molecule has 0 spiro atoms. The first-order valence-corrected chi connectivity index (χ1v) is 9.34. The van der Waals surface area contributed by atoms with Crippen LogP contribution in [0.25, 0.3) is 0 Å². The van der Waals surface area contributed by atoms with Crippen molar-refractivity contribution in [2.45, 2.75) is 39.2 Å². The molecule has 1 heterocycles. The third-order valence-electron chi connectivity index (χ3n) is 5.07. The monoisotopic (exact) mass is 378 g/mol. The molecule has 1 aliphatic heterocycles. The second-order valence-corrected chi connectivity index (χ2v) is 6.80. The number of hydrogen-bond donors (Lipinski definition) is 1. The minimum atomic E-state index is -0.102. The second kappa shape index (κ2) is 9.48. The highest BCUT2D eigenvalue weighted by Gasteiger charge is 2.29. The quantitative estimate of drug-likeness (QED) is 0.789. The van der Waals surface area contributed by atoms with Crippen molar-refractivity contribution in [3.8, 4) is 17.2 Å². The maximum absolute atomic E-state index is 12.9. The highest BCUT2D eigenvalue weighted by Crippen LogP contribution is 2.38. The van der Waals surface area contributed by atoms with Crippen LogP contribution >= 0.6 is 0 Å². The summed E-state index contributed by atoms with van der Waals surface area (Å²) in [6.45, 7) is 5.15. The Labute approximate surface area is 161 Å². The predicted octanol–water partition coefficient (Wildman–Crippen LogP) is 2.48. The molecule has 150 valence electrons. The number of rotatable bonds is 7. The summed E-state index contributed by atoms with van der Waals surface area (Å²) in [6.07, 6.45) is 2.24. The molecule has 1 unspecified atom stereocenters. The first-order chi connectivity index (χ1) is 12.9. The molecule has 1 aromatic carbocycles. The number of carbonyl (C=O) groups is 2. The van der Waals surface area contributed by atoms with Gasteiger partial charge in [0, 0.05) is 30.6 Å². The number of piperidine rings is 1. The highest BCUT2D eigenvalue weighted by molar-refractivity contribution is 5.96. The van der Waals surface area contributed by atoms with E-state index in [-0.39, 0.29) is 23.8 Å². The zero-order chi connectivity index (χ0) is 20.0. The van der Waals surface area contributed by atoms with Crippen LogP contribution in [0.4, 0.5) is 0 Å². The molecule has 0 radical (unpaired) electrons. The molecule has 1 aliphatic rings. The van der Waals surface area contributed by atoms with E-state index in [0.29, 0.717) is 48.7 Å². The van der Waals surface area contributed by atoms with Crippen LogP contribution in [0.5, 0.6) is 17.2 Å². The van der Waals surface area contributed by atoms with E-state index in [1.54, 1.807) is 17.0 Å². The molecule has 0 aromatic heterocycles. The molecule has 1 N–H and O–H groups in total. The number of ether oxygens (including phenoxy) is 3. The summed E-state index contributed by atoms with van der Waals surface area (Å²) in [4.78, 5) is 27.0. The van der Waals surface area contributed by atoms with Crippen molar-refractivity contribution in [1.29, 1.82) is 0 Å². The fourth-order valence-corrected chi connectivity index (χ4v) is 3.19. The van der Waals surface area contributed by atoms with Crippen molar-refractivity contribution in [3.05, 3.63) is 17.7 Å². The second-order valence-electron chi connectivity index (χ2n) is 6.80. The fraction of sp³-hybridized carbons (Fsp3) is 0.600. The van der Waals surface area contributed by atoms with Gasteiger partial charge in [-0.3, -0.25) is 9.59 Å². The summed E-state index contributed by atoms with van der Waals surface area (Å²) in [5.74, 6) is 1.30. The number of carbonyl (C=O) groups excluding carboxylic acids is 2. The van der Waals surface area contributed by atoms with E-state index < -0.39 is 0 Å². The lowest BCUT2D eigenvalue weighted by Gasteiger charge is -2.32. The van der Waals surface area contributed by atoms with Gasteiger partial charge in [-0.25, -0.2) is 0 Å². The normalized spacial score (nSPS) is 15.8. The number of benzene rings is 1. The summed E-state index contributed by atoms with van der Waals surface area (Å²) >= 11 is 0. The van der Waals surface area contributed by atoms with Gasteiger partial charge in [0.05, 0.1) is 21.3 Å². The van der Waals surface area contributed by atoms with Crippen molar-refractivity contribution < 1.29 is 23.8 Å². The third kappa shape index (κ3) is 4.84. The van der Waals surface area contributed by atoms with Gasteiger partial charge in [0.15, 0.2) is 11.5 Å². The molecule has 2 amide bonds. The van der Waals surface area contributed by atoms with Gasteiger partial charge in [-0.15, -0.1) is 0 Å². The van der Waals surface area contributed by atoms with Gasteiger partial charge < -0.3 is 24.4 Å². The first kappa shape index (κ1) is 20.9. The van der Waals surface area contributed by atoms with Crippen LogP contribution in [0.15, 0.2) is 12.1 Å². The summed E-state index contributed by atoms with van der Waals surface area (Å²) in [7, 11) is 4.57. The lowest BCUT2D eigenvalue weighted by Crippen LogP contribution is -2.44. The Morgan fingerprint density at radius 2 is 1.67 bits per heavy atom. The van der Waals surface area contributed by atoms with Crippen LogP contribution in [0.1, 0.15) is 43.5 Å². The van der Waals surface area contributed by atoms with Crippen molar-refractivity contribution in [2.24, 2.45) is 5.92 Å². The fourth-order valence-electron chi connectivity index (χ4n) is 3.19. The largest absolute Gasteiger partial charge is 0.493 e. The summed E-state index contributed by atoms with van der Waals surface area (Å²) in [5, 5.41) is 3.03. The van der Waals surface area contributed by atoms with E-state index in [1.165, 1.54) is 21.3 Å². The highest BCUT2D eigenvalue weighted by atomic mass is 16.5. The first-order valence-electron chi connectivity index (χ1n) is 9.34. The van der Waals surface area contributed by atoms with Crippen LogP contribution in [0.2, 0.25) is 0 Å². The summed E-state index contributed by atoms with van der Waals surface area (Å²) in [5.41, 5.74) is 0.479. The molecule has 2 rings (SSSR count). The van der Waals surface area contributed by atoms with Crippen LogP contribution in [-0.4, -0.2) is 57.2 Å². The van der Waals surface area contributed by atoms with Crippen molar-refractivity contribution in [3.63, 3.8) is 0 Å². The predicted molar refractivity (Wildman–Crippen MR) is 103 cm³/mol. The Bertz CT molecular complexity index is 643. The van der Waals surface area contributed by atoms with Crippen LogP contribution < -0.4 is 19.5 Å². The molecule has 1 atom stereocenters. The lowest BCUT2D eigenvalue weighted by molar-refractivity contribution is -0.126. The van der Waals surface area contributed by atoms with E-state index in [0.717, 1.165) is 6.42 Å². The number of nitrogens with one attached hydrogen (secondary N) is 1. The Kier molecular flexibility index (Phi) is 7.33. The molecule has 7 heteroatoms. The zero-order valence-electron chi connectivity index (χ0n) is 16.8. The van der Waals surface area contributed by atoms with E-state index in [2.05, 4.69) is 5.32 Å². The molecule has 27 heavy (non-hydrogen) atoms. The summed E-state index contributed by atoms with van der Waals surface area (Å²) in [6, 6.07) is 3.49. The number of nitrogens with zero attached hydrogens (tertiary/aromatic N) is 1. The number of methoxy groups -OCH3 is 3. The Balaban J connectivity index is 2.06. The molecule has 0 saturated carbocycles. The van der Waals surface area contributed by atoms with E-state index >= 15 is 0 Å². The van der Waals surface area contributed by atoms with Crippen LogP contribution in [0.3, 0.4) is 0 Å². The third-order valence-corrected chi connectivity index (χ3v) is 5.07. The van der Waals surface area contributed by atoms with Crippen molar-refractivity contribution >= 4 is 11.8 Å². The Morgan fingerprint density at radius 3 is 2.11 bits per heavy atom. The van der Waals surface area contributed by atoms with Crippen LogP contribution in [-0.2, 0) is 4.79 Å². The van der Waals surface area contributed by atoms with E-state index in [4.69, 9.17) is 14.2 Å². The number of likely N-dealkylation sites (tertiary alicyclic amines) is 1. The number of hydrogen-bond acceptors (Lipinski definition) is 5. The average Bonchev–Trinajstić information content (AvgIpc) is 2.71. The van der Waals surface area contributed by atoms with Gasteiger partial charge in [0.25, 0.3) is 5.91 Å². The smallest absolute Gasteiger partial charge is 0.254 e. The van der Waals surface area contributed by atoms with Gasteiger partial charge in [-0.1, -0.05) is 6.92 Å². The average molecular weight is 378 g/mol. The van der Waals surface area contributed by atoms with Gasteiger partial charge in [0.1, 0.15) is 0 Å². The molecule has 1 aromatic rings. The van der Waals surface area contributed by atoms with Gasteiger partial charge in [-0.2, -0.15) is 0 Å². The van der Waals surface area contributed by atoms with E-state index in [9.17, 15) is 9.59 Å². The van der Waals surface area contributed by atoms with Gasteiger partial charge in [0.2, 0.25) is 11.7 Å². The molecular formula is C20H30N2O5. The SMILES string of the molecule is CCC(C)NC(=O)C1CCN(C(=O)c2cc(OC)c(OC)c(OC)c2)CC1. The molecular weight excluding hydrogens is 348 g/mol.